The van der Waals surface area contributed by atoms with E-state index in [0.29, 0.717) is 18.3 Å². The number of aryl methyl sites for hydroxylation is 1. The Labute approximate surface area is 164 Å². The molecule has 3 heteroatoms. The van der Waals surface area contributed by atoms with Gasteiger partial charge in [0.2, 0.25) is 0 Å². The Kier molecular flexibility index (Phi) is 5.98. The monoisotopic (exact) mass is 370 g/mol. The lowest BCUT2D eigenvalue weighted by atomic mass is 9.67. The quantitative estimate of drug-likeness (QED) is 0.253. The lowest BCUT2D eigenvalue weighted by Crippen LogP contribution is -2.45. The van der Waals surface area contributed by atoms with Gasteiger partial charge in [0, 0.05) is 23.8 Å². The van der Waals surface area contributed by atoms with E-state index in [0.717, 1.165) is 42.7 Å². The standard InChI is InChI=1S/C24H34O3/c1-6-8-9-10-17-14-20(26-22(25)7-2)23-18-13-16(3)11-12-19(18)24(4,5)27-21(23)15-17/h11,14-15,18-19H,6-10,12-13H2,1-5H3/t18-,19-/m1/s1. The first-order chi connectivity index (χ1) is 12.9. The Bertz CT molecular complexity index is 729. The van der Waals surface area contributed by atoms with Gasteiger partial charge in [-0.25, -0.2) is 0 Å². The third-order valence-electron chi connectivity index (χ3n) is 6.13. The van der Waals surface area contributed by atoms with E-state index < -0.39 is 0 Å². The Morgan fingerprint density at radius 3 is 2.74 bits per heavy atom. The average Bonchev–Trinajstić information content (AvgIpc) is 2.60. The molecule has 0 radical (unpaired) electrons. The molecule has 3 nitrogen and oxygen atoms in total. The number of carbonyl (C=O) groups is 1. The molecule has 1 heterocycles. The molecule has 2 atom stereocenters. The van der Waals surface area contributed by atoms with Crippen molar-refractivity contribution in [1.82, 2.24) is 0 Å². The Hall–Kier alpha value is -1.77. The Morgan fingerprint density at radius 2 is 2.04 bits per heavy atom. The van der Waals surface area contributed by atoms with Crippen LogP contribution in [0.2, 0.25) is 0 Å². The summed E-state index contributed by atoms with van der Waals surface area (Å²) < 4.78 is 12.3. The number of unbranched alkanes of at least 4 members (excludes halogenated alkanes) is 2. The highest BCUT2D eigenvalue weighted by Gasteiger charge is 2.46. The van der Waals surface area contributed by atoms with Crippen LogP contribution < -0.4 is 9.47 Å². The highest BCUT2D eigenvalue weighted by molar-refractivity contribution is 5.73. The highest BCUT2D eigenvalue weighted by Crippen LogP contribution is 2.54. The molecule has 0 bridgehead atoms. The molecule has 27 heavy (non-hydrogen) atoms. The summed E-state index contributed by atoms with van der Waals surface area (Å²) in [5.41, 5.74) is 3.51. The van der Waals surface area contributed by atoms with Gasteiger partial charge in [0.1, 0.15) is 17.1 Å². The molecule has 0 fully saturated rings. The summed E-state index contributed by atoms with van der Waals surface area (Å²) >= 11 is 0. The van der Waals surface area contributed by atoms with Gasteiger partial charge >= 0.3 is 5.97 Å². The molecule has 1 aromatic carbocycles. The molecule has 148 valence electrons. The molecule has 0 saturated carbocycles. The van der Waals surface area contributed by atoms with Gasteiger partial charge in [0.05, 0.1) is 0 Å². The van der Waals surface area contributed by atoms with Crippen molar-refractivity contribution in [3.63, 3.8) is 0 Å². The lowest BCUT2D eigenvalue weighted by Gasteiger charge is -2.47. The van der Waals surface area contributed by atoms with E-state index in [9.17, 15) is 4.79 Å². The minimum Gasteiger partial charge on any atom is -0.487 e. The van der Waals surface area contributed by atoms with E-state index in [4.69, 9.17) is 9.47 Å². The summed E-state index contributed by atoms with van der Waals surface area (Å²) in [6, 6.07) is 4.29. The van der Waals surface area contributed by atoms with Crippen molar-refractivity contribution in [2.75, 3.05) is 0 Å². The number of hydrogen-bond acceptors (Lipinski definition) is 3. The molecule has 0 unspecified atom stereocenters. The normalized spacial score (nSPS) is 22.9. The maximum absolute atomic E-state index is 12.1. The molecular formula is C24H34O3. The first-order valence-electron chi connectivity index (χ1n) is 10.6. The molecule has 0 saturated heterocycles. The molecule has 0 amide bonds. The van der Waals surface area contributed by atoms with Gasteiger partial charge in [-0.15, -0.1) is 0 Å². The van der Waals surface area contributed by atoms with Crippen LogP contribution in [0.15, 0.2) is 23.8 Å². The first-order valence-corrected chi connectivity index (χ1v) is 10.6. The summed E-state index contributed by atoms with van der Waals surface area (Å²) in [5, 5.41) is 0. The first kappa shape index (κ1) is 20.0. The number of hydrogen-bond donors (Lipinski definition) is 0. The van der Waals surface area contributed by atoms with Gasteiger partial charge < -0.3 is 9.47 Å². The van der Waals surface area contributed by atoms with E-state index >= 15 is 0 Å². The van der Waals surface area contributed by atoms with Gasteiger partial charge in [-0.3, -0.25) is 4.79 Å². The fourth-order valence-corrected chi connectivity index (χ4v) is 4.60. The second-order valence-electron chi connectivity index (χ2n) is 8.70. The number of esters is 1. The minimum absolute atomic E-state index is 0.174. The fourth-order valence-electron chi connectivity index (χ4n) is 4.60. The van der Waals surface area contributed by atoms with Crippen LogP contribution in [0.3, 0.4) is 0 Å². The molecule has 1 aliphatic carbocycles. The van der Waals surface area contributed by atoms with Crippen molar-refractivity contribution in [1.29, 1.82) is 0 Å². The molecule has 0 N–H and O–H groups in total. The highest BCUT2D eigenvalue weighted by atomic mass is 16.5. The van der Waals surface area contributed by atoms with Crippen molar-refractivity contribution in [3.8, 4) is 11.5 Å². The van der Waals surface area contributed by atoms with Crippen LogP contribution >= 0.6 is 0 Å². The number of rotatable bonds is 6. The number of fused-ring (bicyclic) bond motifs is 3. The Morgan fingerprint density at radius 1 is 1.26 bits per heavy atom. The van der Waals surface area contributed by atoms with Crippen LogP contribution in [0.4, 0.5) is 0 Å². The number of allylic oxidation sites excluding steroid dienone is 2. The molecule has 0 spiro atoms. The third-order valence-corrected chi connectivity index (χ3v) is 6.13. The predicted molar refractivity (Wildman–Crippen MR) is 110 cm³/mol. The summed E-state index contributed by atoms with van der Waals surface area (Å²) in [7, 11) is 0. The van der Waals surface area contributed by atoms with Crippen molar-refractivity contribution >= 4 is 5.97 Å². The molecular weight excluding hydrogens is 336 g/mol. The van der Waals surface area contributed by atoms with Gasteiger partial charge in [-0.1, -0.05) is 38.3 Å². The van der Waals surface area contributed by atoms with Crippen LogP contribution in [-0.4, -0.2) is 11.6 Å². The second kappa shape index (κ2) is 8.08. The smallest absolute Gasteiger partial charge is 0.310 e. The molecule has 1 aliphatic heterocycles. The van der Waals surface area contributed by atoms with E-state index in [-0.39, 0.29) is 11.6 Å². The van der Waals surface area contributed by atoms with E-state index in [1.165, 1.54) is 24.0 Å². The second-order valence-corrected chi connectivity index (χ2v) is 8.70. The topological polar surface area (TPSA) is 35.5 Å². The van der Waals surface area contributed by atoms with Crippen LogP contribution in [0.5, 0.6) is 11.5 Å². The van der Waals surface area contributed by atoms with Crippen molar-refractivity contribution < 1.29 is 14.3 Å². The van der Waals surface area contributed by atoms with Gasteiger partial charge in [0.15, 0.2) is 0 Å². The SMILES string of the molecule is CCCCCc1cc(OC(=O)CC)c2c(c1)OC(C)(C)[C@@H]1CC=C(C)C[C@@H]21. The zero-order valence-corrected chi connectivity index (χ0v) is 17.6. The van der Waals surface area contributed by atoms with Gasteiger partial charge in [0.25, 0.3) is 0 Å². The minimum atomic E-state index is -0.219. The van der Waals surface area contributed by atoms with E-state index in [1.807, 2.05) is 6.92 Å². The zero-order chi connectivity index (χ0) is 19.6. The fraction of sp³-hybridized carbons (Fsp3) is 0.625. The molecule has 2 aliphatic rings. The Balaban J connectivity index is 2.05. The van der Waals surface area contributed by atoms with E-state index in [2.05, 4.69) is 45.9 Å². The maximum atomic E-state index is 12.1. The molecule has 1 aromatic rings. The van der Waals surface area contributed by atoms with E-state index in [1.54, 1.807) is 0 Å². The number of carbonyl (C=O) groups excluding carboxylic acids is 1. The van der Waals surface area contributed by atoms with Crippen molar-refractivity contribution in [2.45, 2.75) is 91.1 Å². The molecule has 3 rings (SSSR count). The largest absolute Gasteiger partial charge is 0.487 e. The van der Waals surface area contributed by atoms with Crippen LogP contribution in [0, 0.1) is 5.92 Å². The maximum Gasteiger partial charge on any atom is 0.310 e. The summed E-state index contributed by atoms with van der Waals surface area (Å²) in [6.07, 6.45) is 9.30. The van der Waals surface area contributed by atoms with Gasteiger partial charge in [-0.2, -0.15) is 0 Å². The average molecular weight is 371 g/mol. The van der Waals surface area contributed by atoms with Crippen molar-refractivity contribution in [3.05, 3.63) is 34.9 Å². The third kappa shape index (κ3) is 4.23. The van der Waals surface area contributed by atoms with Crippen LogP contribution in [0.25, 0.3) is 0 Å². The van der Waals surface area contributed by atoms with Crippen LogP contribution in [0.1, 0.15) is 90.2 Å². The lowest BCUT2D eigenvalue weighted by molar-refractivity contribution is -0.134. The number of ether oxygens (including phenoxy) is 2. The zero-order valence-electron chi connectivity index (χ0n) is 17.6. The summed E-state index contributed by atoms with van der Waals surface area (Å²) in [5.74, 6) is 2.22. The predicted octanol–water partition coefficient (Wildman–Crippen LogP) is 6.35. The summed E-state index contributed by atoms with van der Waals surface area (Å²) in [6.45, 7) is 10.7. The number of benzene rings is 1. The van der Waals surface area contributed by atoms with Gasteiger partial charge in [-0.05, 0) is 64.2 Å². The van der Waals surface area contributed by atoms with Crippen LogP contribution in [-0.2, 0) is 11.2 Å². The van der Waals surface area contributed by atoms with Crippen molar-refractivity contribution in [2.24, 2.45) is 5.92 Å². The molecule has 0 aromatic heterocycles. The summed E-state index contributed by atoms with van der Waals surface area (Å²) in [4.78, 5) is 12.1.